The molecule has 0 spiro atoms. The molecule has 14 heavy (non-hydrogen) atoms. The number of carboxylic acid groups (broad SMARTS) is 3. The van der Waals surface area contributed by atoms with Crippen LogP contribution in [0.25, 0.3) is 0 Å². The van der Waals surface area contributed by atoms with Crippen LogP contribution in [0, 0.1) is 0 Å². The van der Waals surface area contributed by atoms with Crippen LogP contribution in [-0.2, 0) is 14.4 Å². The van der Waals surface area contributed by atoms with Gasteiger partial charge in [0.05, 0.1) is 5.97 Å². The van der Waals surface area contributed by atoms with Crippen LogP contribution < -0.4 is 21.5 Å². The van der Waals surface area contributed by atoms with Crippen molar-refractivity contribution in [2.45, 2.75) is 18.4 Å². The predicted octanol–water partition coefficient (Wildman–Crippen LogP) is -4.76. The number of aliphatic carboxylic acids is 3. The van der Waals surface area contributed by atoms with Crippen molar-refractivity contribution in [3.05, 3.63) is 0 Å². The summed E-state index contributed by atoms with van der Waals surface area (Å²) in [5.41, 5.74) is -2.97. The highest BCUT2D eigenvalue weighted by molar-refractivity contribution is 5.86. The predicted molar refractivity (Wildman–Crippen MR) is 36.3 cm³/mol. The smallest absolute Gasteiger partial charge is 0.550 e. The molecule has 0 aromatic carbocycles. The lowest BCUT2D eigenvalue weighted by atomic mass is 9.96. The SMILES string of the molecule is O=C([O-])CC(O)(CC(=O)[O-])C(=O)[O-].[H+].[NH4+]. The maximum Gasteiger partial charge on any atom is 1.00 e. The van der Waals surface area contributed by atoms with E-state index in [1.165, 1.54) is 0 Å². The highest BCUT2D eigenvalue weighted by Crippen LogP contribution is 2.13. The Morgan fingerprint density at radius 1 is 1.07 bits per heavy atom. The van der Waals surface area contributed by atoms with Gasteiger partial charge in [0.1, 0.15) is 5.60 Å². The molecule has 0 heterocycles. The van der Waals surface area contributed by atoms with E-state index in [2.05, 4.69) is 0 Å². The third-order valence-electron chi connectivity index (χ3n) is 1.25. The molecule has 0 fully saturated rings. The highest BCUT2D eigenvalue weighted by Gasteiger charge is 2.29. The lowest BCUT2D eigenvalue weighted by Gasteiger charge is -2.29. The van der Waals surface area contributed by atoms with Crippen LogP contribution in [0.15, 0.2) is 0 Å². The Labute approximate surface area is 79.8 Å². The van der Waals surface area contributed by atoms with Gasteiger partial charge in [0.25, 0.3) is 0 Å². The van der Waals surface area contributed by atoms with Crippen molar-refractivity contribution in [2.24, 2.45) is 0 Å². The number of carboxylic acids is 3. The molecule has 0 unspecified atom stereocenters. The van der Waals surface area contributed by atoms with E-state index >= 15 is 0 Å². The maximum atomic E-state index is 10.1. The Hall–Kier alpha value is -1.67. The Morgan fingerprint density at radius 3 is 1.50 bits per heavy atom. The van der Waals surface area contributed by atoms with Gasteiger partial charge in [-0.25, -0.2) is 0 Å². The lowest BCUT2D eigenvalue weighted by Crippen LogP contribution is -2.54. The van der Waals surface area contributed by atoms with Crippen LogP contribution in [0.3, 0.4) is 0 Å². The number of rotatable bonds is 5. The monoisotopic (exact) mass is 208 g/mol. The van der Waals surface area contributed by atoms with Gasteiger partial charge in [-0.05, 0) is 0 Å². The normalized spacial score (nSPS) is 10.1. The Kier molecular flexibility index (Phi) is 5.45. The first-order chi connectivity index (χ1) is 5.78. The second kappa shape index (κ2) is 5.14. The molecule has 0 rings (SSSR count). The minimum absolute atomic E-state index is 0. The van der Waals surface area contributed by atoms with Crippen LogP contribution >= 0.6 is 0 Å². The molecule has 0 bridgehead atoms. The fourth-order valence-electron chi connectivity index (χ4n) is 0.684. The van der Waals surface area contributed by atoms with Crippen LogP contribution in [-0.4, -0.2) is 28.6 Å². The van der Waals surface area contributed by atoms with Gasteiger partial charge in [-0.3, -0.25) is 0 Å². The standard InChI is InChI=1S/C6H8O7.H3N/c7-3(8)1-6(13,5(11)12)2-4(9)10;/h13H,1-2H2,(H,7,8)(H,9,10)(H,11,12);1H3/p-1. The fourth-order valence-corrected chi connectivity index (χ4v) is 0.684. The summed E-state index contributed by atoms with van der Waals surface area (Å²) in [5, 5.41) is 38.9. The van der Waals surface area contributed by atoms with Gasteiger partial charge < -0.3 is 41.0 Å². The first kappa shape index (κ1) is 14.8. The summed E-state index contributed by atoms with van der Waals surface area (Å²) in [7, 11) is 0. The number of hydrogen-bond acceptors (Lipinski definition) is 7. The molecule has 0 aliphatic heterocycles. The maximum absolute atomic E-state index is 10.1. The zero-order valence-corrected chi connectivity index (χ0v) is 7.31. The highest BCUT2D eigenvalue weighted by atomic mass is 16.4. The zero-order chi connectivity index (χ0) is 10.6. The summed E-state index contributed by atoms with van der Waals surface area (Å²) >= 11 is 0. The molecule has 0 aliphatic rings. The van der Waals surface area contributed by atoms with E-state index in [-0.39, 0.29) is 7.58 Å². The van der Waals surface area contributed by atoms with Gasteiger partial charge in [0, 0.05) is 24.8 Å². The van der Waals surface area contributed by atoms with Gasteiger partial charge in [0.15, 0.2) is 0 Å². The molecule has 0 radical (unpaired) electrons. The molecule has 0 aliphatic carbocycles. The van der Waals surface area contributed by atoms with E-state index in [0.29, 0.717) is 0 Å². The van der Waals surface area contributed by atoms with Gasteiger partial charge in [0.2, 0.25) is 0 Å². The Bertz CT molecular complexity index is 238. The van der Waals surface area contributed by atoms with E-state index in [0.717, 1.165) is 0 Å². The molecular weight excluding hydrogens is 198 g/mol. The summed E-state index contributed by atoms with van der Waals surface area (Å²) in [6, 6.07) is 0. The van der Waals surface area contributed by atoms with Crippen molar-refractivity contribution >= 4 is 17.9 Å². The summed E-state index contributed by atoms with van der Waals surface area (Å²) < 4.78 is 0. The summed E-state index contributed by atoms with van der Waals surface area (Å²) in [6.45, 7) is 0. The largest absolute Gasteiger partial charge is 1.00 e. The molecule has 0 atom stereocenters. The molecule has 0 saturated heterocycles. The minimum atomic E-state index is -2.97. The van der Waals surface area contributed by atoms with Gasteiger partial charge >= 0.3 is 1.43 Å². The van der Waals surface area contributed by atoms with E-state index in [4.69, 9.17) is 5.11 Å². The summed E-state index contributed by atoms with van der Waals surface area (Å²) in [5.74, 6) is -5.98. The van der Waals surface area contributed by atoms with Crippen molar-refractivity contribution in [1.82, 2.24) is 6.15 Å². The van der Waals surface area contributed by atoms with E-state index in [1.807, 2.05) is 0 Å². The second-order valence-corrected chi connectivity index (χ2v) is 2.42. The van der Waals surface area contributed by atoms with Crippen LogP contribution in [0.1, 0.15) is 14.3 Å². The van der Waals surface area contributed by atoms with Crippen molar-refractivity contribution in [3.63, 3.8) is 0 Å². The van der Waals surface area contributed by atoms with Crippen LogP contribution in [0.5, 0.6) is 0 Å². The minimum Gasteiger partial charge on any atom is -0.550 e. The number of aliphatic hydroxyl groups is 1. The molecule has 0 saturated carbocycles. The third kappa shape index (κ3) is 4.38. The average molecular weight is 208 g/mol. The average Bonchev–Trinajstić information content (AvgIpc) is 1.82. The van der Waals surface area contributed by atoms with Crippen molar-refractivity contribution in [1.29, 1.82) is 0 Å². The van der Waals surface area contributed by atoms with Crippen LogP contribution in [0.4, 0.5) is 0 Å². The van der Waals surface area contributed by atoms with E-state index in [9.17, 15) is 29.7 Å². The third-order valence-corrected chi connectivity index (χ3v) is 1.25. The molecule has 82 valence electrons. The Balaban J connectivity index is -0.000000720. The molecular formula is C6H10NO7-. The van der Waals surface area contributed by atoms with E-state index < -0.39 is 36.4 Å². The number of quaternary nitrogens is 1. The van der Waals surface area contributed by atoms with Gasteiger partial charge in [-0.15, -0.1) is 0 Å². The van der Waals surface area contributed by atoms with Gasteiger partial charge in [-0.2, -0.15) is 0 Å². The lowest BCUT2D eigenvalue weighted by molar-refractivity contribution is -0.339. The second-order valence-electron chi connectivity index (χ2n) is 2.42. The van der Waals surface area contributed by atoms with Crippen LogP contribution in [0.2, 0.25) is 0 Å². The summed E-state index contributed by atoms with van der Waals surface area (Å²) in [4.78, 5) is 30.0. The topological polar surface area (TPSA) is 177 Å². The van der Waals surface area contributed by atoms with Crippen molar-refractivity contribution in [2.75, 3.05) is 0 Å². The molecule has 0 aromatic heterocycles. The molecule has 5 N–H and O–H groups in total. The first-order valence-corrected chi connectivity index (χ1v) is 3.11. The quantitative estimate of drug-likeness (QED) is 0.455. The van der Waals surface area contributed by atoms with Gasteiger partial charge in [-0.1, -0.05) is 0 Å². The zero-order valence-electron chi connectivity index (χ0n) is 8.31. The number of hydrogen-bond donors (Lipinski definition) is 2. The van der Waals surface area contributed by atoms with Crippen molar-refractivity contribution in [3.8, 4) is 0 Å². The first-order valence-electron chi connectivity index (χ1n) is 3.11. The molecule has 8 heteroatoms. The molecule has 0 aromatic rings. The fraction of sp³-hybridized carbons (Fsp3) is 0.500. The van der Waals surface area contributed by atoms with E-state index in [1.54, 1.807) is 0 Å². The summed E-state index contributed by atoms with van der Waals surface area (Å²) in [6.07, 6.45) is -2.72. The molecule has 0 amide bonds. The molecule has 8 nitrogen and oxygen atoms in total. The number of carbonyl (C=O) groups is 3. The van der Waals surface area contributed by atoms with Crippen molar-refractivity contribution < 1.29 is 36.2 Å². The Morgan fingerprint density at radius 2 is 1.36 bits per heavy atom. The number of carbonyl (C=O) groups excluding carboxylic acids is 3.